The first-order chi connectivity index (χ1) is 7.27. The molecule has 0 radical (unpaired) electrons. The minimum Gasteiger partial charge on any atom is -0.341 e. The predicted octanol–water partition coefficient (Wildman–Crippen LogP) is -0.586. The highest BCUT2D eigenvalue weighted by Gasteiger charge is 2.14. The molecule has 0 aromatic carbocycles. The molecule has 2 heterocycles. The molecule has 2 rings (SSSR count). The standard InChI is InChI=1S/C7H9N7O/c1-4(6-11-13-14-12-6)9-7(15)5-2-3-8-10-5/h2-4H,1H3,(H,8,10)(H,9,15)(H,11,12,13,14). The molecule has 3 N–H and O–H groups in total. The summed E-state index contributed by atoms with van der Waals surface area (Å²) in [6.07, 6.45) is 1.51. The van der Waals surface area contributed by atoms with E-state index in [1.165, 1.54) is 6.20 Å². The zero-order valence-corrected chi connectivity index (χ0v) is 7.93. The van der Waals surface area contributed by atoms with Gasteiger partial charge in [-0.3, -0.25) is 9.89 Å². The quantitative estimate of drug-likeness (QED) is 0.623. The Morgan fingerprint density at radius 3 is 3.07 bits per heavy atom. The first-order valence-corrected chi connectivity index (χ1v) is 4.31. The number of H-pyrrole nitrogens is 2. The number of nitrogens with one attached hydrogen (secondary N) is 3. The number of carbonyl (C=O) groups is 1. The van der Waals surface area contributed by atoms with E-state index in [-0.39, 0.29) is 11.9 Å². The Kier molecular flexibility index (Phi) is 2.40. The molecule has 0 spiro atoms. The van der Waals surface area contributed by atoms with Gasteiger partial charge >= 0.3 is 0 Å². The normalized spacial score (nSPS) is 12.3. The summed E-state index contributed by atoms with van der Waals surface area (Å²) in [7, 11) is 0. The summed E-state index contributed by atoms with van der Waals surface area (Å²) in [5.74, 6) is 0.174. The van der Waals surface area contributed by atoms with Gasteiger partial charge in [-0.05, 0) is 13.0 Å². The molecule has 1 atom stereocenters. The average molecular weight is 207 g/mol. The highest BCUT2D eigenvalue weighted by atomic mass is 16.2. The molecule has 0 bridgehead atoms. The van der Waals surface area contributed by atoms with Crippen LogP contribution in [0.15, 0.2) is 12.3 Å². The molecule has 15 heavy (non-hydrogen) atoms. The van der Waals surface area contributed by atoms with Gasteiger partial charge in [-0.15, -0.1) is 10.2 Å². The largest absolute Gasteiger partial charge is 0.341 e. The third-order valence-corrected chi connectivity index (χ3v) is 1.84. The van der Waals surface area contributed by atoms with Gasteiger partial charge in [-0.2, -0.15) is 10.3 Å². The van der Waals surface area contributed by atoms with Crippen LogP contribution in [0.25, 0.3) is 0 Å². The molecule has 0 fully saturated rings. The van der Waals surface area contributed by atoms with Crippen LogP contribution in [0.3, 0.4) is 0 Å². The Hall–Kier alpha value is -2.25. The van der Waals surface area contributed by atoms with E-state index in [0.717, 1.165) is 0 Å². The van der Waals surface area contributed by atoms with E-state index in [2.05, 4.69) is 36.1 Å². The number of aromatic amines is 2. The van der Waals surface area contributed by atoms with Gasteiger partial charge in [0.15, 0.2) is 5.82 Å². The van der Waals surface area contributed by atoms with Crippen LogP contribution < -0.4 is 5.32 Å². The summed E-state index contributed by atoms with van der Waals surface area (Å²) in [6, 6.07) is 1.28. The van der Waals surface area contributed by atoms with Crippen LogP contribution in [-0.4, -0.2) is 36.7 Å². The van der Waals surface area contributed by atoms with Gasteiger partial charge in [0.05, 0.1) is 6.04 Å². The highest BCUT2D eigenvalue weighted by Crippen LogP contribution is 2.04. The second kappa shape index (κ2) is 3.86. The second-order valence-corrected chi connectivity index (χ2v) is 2.94. The van der Waals surface area contributed by atoms with E-state index < -0.39 is 0 Å². The summed E-state index contributed by atoms with van der Waals surface area (Å²) in [5.41, 5.74) is 0.394. The van der Waals surface area contributed by atoms with Gasteiger partial charge in [-0.1, -0.05) is 5.21 Å². The molecule has 1 unspecified atom stereocenters. The Morgan fingerprint density at radius 1 is 1.60 bits per heavy atom. The number of rotatable bonds is 3. The maximum absolute atomic E-state index is 11.5. The van der Waals surface area contributed by atoms with Crippen LogP contribution in [0.5, 0.6) is 0 Å². The summed E-state index contributed by atoms with van der Waals surface area (Å²) < 4.78 is 0. The van der Waals surface area contributed by atoms with Crippen molar-refractivity contribution >= 4 is 5.91 Å². The molecule has 2 aromatic rings. The summed E-state index contributed by atoms with van der Waals surface area (Å²) in [4.78, 5) is 11.5. The number of aromatic nitrogens is 6. The molecule has 0 aliphatic rings. The van der Waals surface area contributed by atoms with Crippen LogP contribution in [0.1, 0.15) is 29.3 Å². The van der Waals surface area contributed by atoms with E-state index >= 15 is 0 Å². The Balaban J connectivity index is 2.01. The number of hydrogen-bond acceptors (Lipinski definition) is 5. The molecule has 0 aliphatic heterocycles. The lowest BCUT2D eigenvalue weighted by atomic mass is 10.3. The third-order valence-electron chi connectivity index (χ3n) is 1.84. The van der Waals surface area contributed by atoms with Crippen molar-refractivity contribution < 1.29 is 4.79 Å². The lowest BCUT2D eigenvalue weighted by Crippen LogP contribution is -2.27. The molecule has 8 nitrogen and oxygen atoms in total. The summed E-state index contributed by atoms with van der Waals surface area (Å²) >= 11 is 0. The van der Waals surface area contributed by atoms with Crippen molar-refractivity contribution in [1.29, 1.82) is 0 Å². The van der Waals surface area contributed by atoms with Crippen molar-refractivity contribution in [1.82, 2.24) is 36.1 Å². The van der Waals surface area contributed by atoms with Crippen molar-refractivity contribution in [3.63, 3.8) is 0 Å². The molecule has 2 aromatic heterocycles. The van der Waals surface area contributed by atoms with Crippen LogP contribution >= 0.6 is 0 Å². The molecular weight excluding hydrogens is 198 g/mol. The third kappa shape index (κ3) is 1.98. The Labute approximate surface area is 84.5 Å². The summed E-state index contributed by atoms with van der Waals surface area (Å²) in [5, 5.41) is 22.2. The van der Waals surface area contributed by atoms with Gasteiger partial charge in [0.25, 0.3) is 5.91 Å². The lowest BCUT2D eigenvalue weighted by Gasteiger charge is -2.07. The second-order valence-electron chi connectivity index (χ2n) is 2.94. The molecular formula is C7H9N7O. The lowest BCUT2D eigenvalue weighted by molar-refractivity contribution is 0.0933. The minimum atomic E-state index is -0.306. The van der Waals surface area contributed by atoms with Crippen LogP contribution in [0.2, 0.25) is 0 Å². The van der Waals surface area contributed by atoms with Crippen LogP contribution in [-0.2, 0) is 0 Å². The number of hydrogen-bond donors (Lipinski definition) is 3. The first kappa shape index (κ1) is 9.31. The number of carbonyl (C=O) groups excluding carboxylic acids is 1. The zero-order chi connectivity index (χ0) is 10.7. The topological polar surface area (TPSA) is 112 Å². The van der Waals surface area contributed by atoms with Crippen molar-refractivity contribution in [3.05, 3.63) is 23.8 Å². The fourth-order valence-electron chi connectivity index (χ4n) is 1.07. The SMILES string of the molecule is CC(NC(=O)c1ccn[nH]1)c1nn[nH]n1. The van der Waals surface area contributed by atoms with Gasteiger partial charge in [0.1, 0.15) is 5.69 Å². The average Bonchev–Trinajstić information content (AvgIpc) is 2.91. The molecule has 1 amide bonds. The number of tetrazole rings is 1. The van der Waals surface area contributed by atoms with E-state index in [1.807, 2.05) is 0 Å². The van der Waals surface area contributed by atoms with Crippen molar-refractivity contribution in [2.24, 2.45) is 0 Å². The zero-order valence-electron chi connectivity index (χ0n) is 7.93. The molecule has 78 valence electrons. The Morgan fingerprint density at radius 2 is 2.47 bits per heavy atom. The van der Waals surface area contributed by atoms with Gasteiger partial charge in [-0.25, -0.2) is 0 Å². The van der Waals surface area contributed by atoms with Gasteiger partial charge in [0.2, 0.25) is 0 Å². The highest BCUT2D eigenvalue weighted by molar-refractivity contribution is 5.92. The van der Waals surface area contributed by atoms with E-state index in [9.17, 15) is 4.79 Å². The van der Waals surface area contributed by atoms with Crippen LogP contribution in [0.4, 0.5) is 0 Å². The molecule has 0 saturated heterocycles. The Bertz CT molecular complexity index is 420. The van der Waals surface area contributed by atoms with Gasteiger partial charge < -0.3 is 5.32 Å². The molecule has 8 heteroatoms. The number of amides is 1. The maximum Gasteiger partial charge on any atom is 0.269 e. The predicted molar refractivity (Wildman–Crippen MR) is 48.6 cm³/mol. The monoisotopic (exact) mass is 207 g/mol. The number of nitrogens with zero attached hydrogens (tertiary/aromatic N) is 4. The minimum absolute atomic E-state index is 0.259. The van der Waals surface area contributed by atoms with Gasteiger partial charge in [0, 0.05) is 6.20 Å². The van der Waals surface area contributed by atoms with Crippen LogP contribution in [0, 0.1) is 0 Å². The molecule has 0 aliphatic carbocycles. The molecule has 0 saturated carbocycles. The van der Waals surface area contributed by atoms with Crippen molar-refractivity contribution in [3.8, 4) is 0 Å². The van der Waals surface area contributed by atoms with E-state index in [1.54, 1.807) is 13.0 Å². The maximum atomic E-state index is 11.5. The first-order valence-electron chi connectivity index (χ1n) is 4.31. The van der Waals surface area contributed by atoms with Crippen molar-refractivity contribution in [2.45, 2.75) is 13.0 Å². The van der Waals surface area contributed by atoms with E-state index in [4.69, 9.17) is 0 Å². The van der Waals surface area contributed by atoms with Crippen molar-refractivity contribution in [2.75, 3.05) is 0 Å². The van der Waals surface area contributed by atoms with E-state index in [0.29, 0.717) is 11.5 Å². The fourth-order valence-corrected chi connectivity index (χ4v) is 1.07. The smallest absolute Gasteiger partial charge is 0.269 e. The summed E-state index contributed by atoms with van der Waals surface area (Å²) in [6.45, 7) is 1.76. The fraction of sp³-hybridized carbons (Fsp3) is 0.286.